The molecule has 1 N–H and O–H groups in total. The molecule has 1 rings (SSSR count). The molecule has 0 heterocycles. The maximum absolute atomic E-state index is 12.2. The van der Waals surface area contributed by atoms with Gasteiger partial charge in [-0.1, -0.05) is 6.92 Å². The van der Waals surface area contributed by atoms with Gasteiger partial charge in [0.15, 0.2) is 11.5 Å². The van der Waals surface area contributed by atoms with Crippen molar-refractivity contribution in [2.45, 2.75) is 25.1 Å². The molecule has 1 aromatic carbocycles. The van der Waals surface area contributed by atoms with E-state index in [9.17, 15) is 4.79 Å². The highest BCUT2D eigenvalue weighted by Crippen LogP contribution is 2.39. The number of methoxy groups -OCH3 is 3. The van der Waals surface area contributed by atoms with Gasteiger partial charge in [0.1, 0.15) is 0 Å². The normalized spacial score (nSPS) is 11.7. The van der Waals surface area contributed by atoms with Crippen molar-refractivity contribution < 1.29 is 19.0 Å². The van der Waals surface area contributed by atoms with E-state index in [0.717, 1.165) is 12.8 Å². The van der Waals surface area contributed by atoms with Gasteiger partial charge in [0.05, 0.1) is 26.9 Å². The Kier molecular flexibility index (Phi) is 7.15. The molecule has 118 valence electrons. The summed E-state index contributed by atoms with van der Waals surface area (Å²) in [6.45, 7) is 2.52. The molecule has 1 atom stereocenters. The number of nitrogens with one attached hydrogen (secondary N) is 1. The van der Waals surface area contributed by atoms with Crippen LogP contribution in [0, 0.1) is 0 Å². The Morgan fingerprint density at radius 2 is 1.86 bits per heavy atom. The SMILES string of the molecule is CCC(Cl)CCNC(=O)c1ccc(OC)c(OC)c1OC. The largest absolute Gasteiger partial charge is 0.493 e. The number of hydrogen-bond donors (Lipinski definition) is 1. The Morgan fingerprint density at radius 1 is 1.19 bits per heavy atom. The minimum Gasteiger partial charge on any atom is -0.493 e. The third-order valence-electron chi connectivity index (χ3n) is 3.13. The molecule has 0 aliphatic heterocycles. The molecule has 0 aromatic heterocycles. The number of carbonyl (C=O) groups is 1. The van der Waals surface area contributed by atoms with Crippen LogP contribution >= 0.6 is 11.6 Å². The first-order valence-corrected chi connectivity index (χ1v) is 7.23. The number of ether oxygens (including phenoxy) is 3. The van der Waals surface area contributed by atoms with Crippen molar-refractivity contribution >= 4 is 17.5 Å². The van der Waals surface area contributed by atoms with Crippen LogP contribution in [0.1, 0.15) is 30.1 Å². The van der Waals surface area contributed by atoms with Gasteiger partial charge in [0.2, 0.25) is 5.75 Å². The molecule has 0 fully saturated rings. The molecule has 0 aliphatic carbocycles. The summed E-state index contributed by atoms with van der Waals surface area (Å²) in [7, 11) is 4.52. The van der Waals surface area contributed by atoms with E-state index in [4.69, 9.17) is 25.8 Å². The third kappa shape index (κ3) is 4.43. The number of hydrogen-bond acceptors (Lipinski definition) is 4. The summed E-state index contributed by atoms with van der Waals surface area (Å²) < 4.78 is 15.7. The van der Waals surface area contributed by atoms with Crippen LogP contribution in [0.25, 0.3) is 0 Å². The number of halogens is 1. The summed E-state index contributed by atoms with van der Waals surface area (Å²) in [6, 6.07) is 3.32. The first-order chi connectivity index (χ1) is 10.1. The quantitative estimate of drug-likeness (QED) is 0.749. The second-order valence-electron chi connectivity index (χ2n) is 4.43. The highest BCUT2D eigenvalue weighted by molar-refractivity contribution is 6.20. The average Bonchev–Trinajstić information content (AvgIpc) is 2.52. The molecule has 0 aliphatic rings. The Balaban J connectivity index is 2.89. The maximum Gasteiger partial charge on any atom is 0.255 e. The lowest BCUT2D eigenvalue weighted by Gasteiger charge is -2.15. The van der Waals surface area contributed by atoms with Gasteiger partial charge in [-0.25, -0.2) is 0 Å². The van der Waals surface area contributed by atoms with Gasteiger partial charge < -0.3 is 19.5 Å². The number of benzene rings is 1. The highest BCUT2D eigenvalue weighted by atomic mass is 35.5. The van der Waals surface area contributed by atoms with Gasteiger partial charge in [-0.3, -0.25) is 4.79 Å². The summed E-state index contributed by atoms with van der Waals surface area (Å²) in [4.78, 5) is 12.2. The molecule has 6 heteroatoms. The van der Waals surface area contributed by atoms with Crippen LogP contribution in [-0.4, -0.2) is 39.2 Å². The Bertz CT molecular complexity index is 479. The fourth-order valence-corrected chi connectivity index (χ4v) is 2.03. The van der Waals surface area contributed by atoms with Gasteiger partial charge in [-0.15, -0.1) is 11.6 Å². The summed E-state index contributed by atoms with van der Waals surface area (Å²) in [5.41, 5.74) is 0.401. The van der Waals surface area contributed by atoms with Gasteiger partial charge in [-0.05, 0) is 25.0 Å². The third-order valence-corrected chi connectivity index (χ3v) is 3.66. The van der Waals surface area contributed by atoms with E-state index < -0.39 is 0 Å². The van der Waals surface area contributed by atoms with Crippen LogP contribution in [0.4, 0.5) is 0 Å². The molecular formula is C15H22ClNO4. The standard InChI is InChI=1S/C15H22ClNO4/c1-5-10(16)8-9-17-15(18)11-6-7-12(19-2)14(21-4)13(11)20-3/h6-7,10H,5,8-9H2,1-4H3,(H,17,18). The predicted octanol–water partition coefficient (Wildman–Crippen LogP) is 2.85. The molecular weight excluding hydrogens is 294 g/mol. The number of rotatable bonds is 8. The zero-order chi connectivity index (χ0) is 15.8. The van der Waals surface area contributed by atoms with E-state index in [-0.39, 0.29) is 11.3 Å². The van der Waals surface area contributed by atoms with Crippen LogP contribution < -0.4 is 19.5 Å². The Labute approximate surface area is 130 Å². The molecule has 0 radical (unpaired) electrons. The van der Waals surface area contributed by atoms with E-state index >= 15 is 0 Å². The molecule has 1 amide bonds. The summed E-state index contributed by atoms with van der Waals surface area (Å²) in [5, 5.41) is 2.90. The molecule has 0 spiro atoms. The summed E-state index contributed by atoms with van der Waals surface area (Å²) >= 11 is 6.03. The Hall–Kier alpha value is -1.62. The van der Waals surface area contributed by atoms with Crippen molar-refractivity contribution in [2.75, 3.05) is 27.9 Å². The smallest absolute Gasteiger partial charge is 0.255 e. The maximum atomic E-state index is 12.2. The minimum atomic E-state index is -0.229. The Morgan fingerprint density at radius 3 is 2.38 bits per heavy atom. The second kappa shape index (κ2) is 8.62. The number of alkyl halides is 1. The van der Waals surface area contributed by atoms with Crippen LogP contribution in [-0.2, 0) is 0 Å². The van der Waals surface area contributed by atoms with Gasteiger partial charge in [-0.2, -0.15) is 0 Å². The van der Waals surface area contributed by atoms with Crippen LogP contribution in [0.15, 0.2) is 12.1 Å². The fourth-order valence-electron chi connectivity index (χ4n) is 1.92. The van der Waals surface area contributed by atoms with Gasteiger partial charge in [0.25, 0.3) is 5.91 Å². The van der Waals surface area contributed by atoms with Crippen LogP contribution in [0.5, 0.6) is 17.2 Å². The second-order valence-corrected chi connectivity index (χ2v) is 5.05. The summed E-state index contributed by atoms with van der Waals surface area (Å²) in [6.07, 6.45) is 1.59. The summed E-state index contributed by atoms with van der Waals surface area (Å²) in [5.74, 6) is 1.04. The molecule has 0 saturated carbocycles. The van der Waals surface area contributed by atoms with Gasteiger partial charge in [0, 0.05) is 11.9 Å². The molecule has 0 saturated heterocycles. The first-order valence-electron chi connectivity index (χ1n) is 6.80. The van der Waals surface area contributed by atoms with E-state index in [1.807, 2.05) is 6.92 Å². The van der Waals surface area contributed by atoms with Crippen molar-refractivity contribution in [3.63, 3.8) is 0 Å². The fraction of sp³-hybridized carbons (Fsp3) is 0.533. The lowest BCUT2D eigenvalue weighted by Crippen LogP contribution is -2.26. The minimum absolute atomic E-state index is 0.0672. The molecule has 0 bridgehead atoms. The zero-order valence-corrected chi connectivity index (χ0v) is 13.6. The topological polar surface area (TPSA) is 56.8 Å². The molecule has 1 unspecified atom stereocenters. The highest BCUT2D eigenvalue weighted by Gasteiger charge is 2.20. The van der Waals surface area contributed by atoms with Crippen molar-refractivity contribution in [3.05, 3.63) is 17.7 Å². The van der Waals surface area contributed by atoms with Crippen molar-refractivity contribution in [1.29, 1.82) is 0 Å². The van der Waals surface area contributed by atoms with E-state index in [1.165, 1.54) is 21.3 Å². The van der Waals surface area contributed by atoms with E-state index in [2.05, 4.69) is 5.32 Å². The van der Waals surface area contributed by atoms with E-state index in [1.54, 1.807) is 12.1 Å². The molecule has 21 heavy (non-hydrogen) atoms. The lowest BCUT2D eigenvalue weighted by atomic mass is 10.1. The monoisotopic (exact) mass is 315 g/mol. The molecule has 1 aromatic rings. The van der Waals surface area contributed by atoms with Crippen molar-refractivity contribution in [3.8, 4) is 17.2 Å². The first kappa shape index (κ1) is 17.4. The van der Waals surface area contributed by atoms with Crippen LogP contribution in [0.2, 0.25) is 0 Å². The van der Waals surface area contributed by atoms with Crippen LogP contribution in [0.3, 0.4) is 0 Å². The van der Waals surface area contributed by atoms with Crippen molar-refractivity contribution in [1.82, 2.24) is 5.32 Å². The molecule has 5 nitrogen and oxygen atoms in total. The predicted molar refractivity (Wildman–Crippen MR) is 83.0 cm³/mol. The zero-order valence-electron chi connectivity index (χ0n) is 12.9. The van der Waals surface area contributed by atoms with Crippen molar-refractivity contribution in [2.24, 2.45) is 0 Å². The van der Waals surface area contributed by atoms with E-state index in [0.29, 0.717) is 29.4 Å². The number of carbonyl (C=O) groups excluding carboxylic acids is 1. The van der Waals surface area contributed by atoms with Gasteiger partial charge >= 0.3 is 0 Å². The lowest BCUT2D eigenvalue weighted by molar-refractivity contribution is 0.0949. The number of amides is 1. The average molecular weight is 316 g/mol.